The lowest BCUT2D eigenvalue weighted by atomic mass is 10.2. The maximum atomic E-state index is 12.3. The minimum absolute atomic E-state index is 0.0444. The number of aromatic amines is 1. The maximum Gasteiger partial charge on any atom is 0.272 e. The standard InChI is InChI=1S/C18H17N3O3/c1-19-17(22)11-24-14-8-6-13(7-9-14)20-18(23)16-10-12-4-2-3-5-15(12)21-16/h2-10,21H,11H2,1H3,(H,19,22)(H,20,23). The number of H-pyrrole nitrogens is 1. The fourth-order valence-electron chi connectivity index (χ4n) is 2.25. The van der Waals surface area contributed by atoms with Gasteiger partial charge in [0.15, 0.2) is 6.61 Å². The average molecular weight is 323 g/mol. The number of amides is 2. The summed E-state index contributed by atoms with van der Waals surface area (Å²) in [6, 6.07) is 16.4. The Balaban J connectivity index is 1.64. The molecule has 3 N–H and O–H groups in total. The summed E-state index contributed by atoms with van der Waals surface area (Å²) in [7, 11) is 1.55. The van der Waals surface area contributed by atoms with Crippen molar-refractivity contribution in [2.45, 2.75) is 0 Å². The monoisotopic (exact) mass is 323 g/mol. The van der Waals surface area contributed by atoms with Crippen LogP contribution in [0.5, 0.6) is 5.75 Å². The lowest BCUT2D eigenvalue weighted by Gasteiger charge is -2.07. The summed E-state index contributed by atoms with van der Waals surface area (Å²) >= 11 is 0. The second-order valence-electron chi connectivity index (χ2n) is 5.21. The van der Waals surface area contributed by atoms with Crippen LogP contribution < -0.4 is 15.4 Å². The number of aromatic nitrogens is 1. The molecule has 6 heteroatoms. The average Bonchev–Trinajstić information content (AvgIpc) is 3.05. The molecule has 122 valence electrons. The molecule has 0 saturated heterocycles. The van der Waals surface area contributed by atoms with Crippen molar-refractivity contribution in [2.75, 3.05) is 19.0 Å². The highest BCUT2D eigenvalue weighted by molar-refractivity contribution is 6.05. The van der Waals surface area contributed by atoms with Gasteiger partial charge in [0.2, 0.25) is 0 Å². The van der Waals surface area contributed by atoms with Crippen LogP contribution in [0.3, 0.4) is 0 Å². The van der Waals surface area contributed by atoms with Gasteiger partial charge in [-0.2, -0.15) is 0 Å². The molecule has 3 rings (SSSR count). The first-order valence-electron chi connectivity index (χ1n) is 7.48. The van der Waals surface area contributed by atoms with Gasteiger partial charge in [0.25, 0.3) is 11.8 Å². The Morgan fingerprint density at radius 2 is 1.83 bits per heavy atom. The number of hydrogen-bond donors (Lipinski definition) is 3. The number of benzene rings is 2. The molecule has 2 amide bonds. The van der Waals surface area contributed by atoms with Gasteiger partial charge in [-0.05, 0) is 36.4 Å². The third-order valence-corrected chi connectivity index (χ3v) is 3.54. The number of carbonyl (C=O) groups is 2. The normalized spacial score (nSPS) is 10.4. The van der Waals surface area contributed by atoms with Crippen LogP contribution in [0.4, 0.5) is 5.69 Å². The van der Waals surface area contributed by atoms with Gasteiger partial charge in [0, 0.05) is 23.6 Å². The fraction of sp³-hybridized carbons (Fsp3) is 0.111. The van der Waals surface area contributed by atoms with E-state index in [9.17, 15) is 9.59 Å². The molecule has 0 aliphatic rings. The van der Waals surface area contributed by atoms with E-state index in [0.29, 0.717) is 17.1 Å². The Kier molecular flexibility index (Phi) is 4.47. The minimum Gasteiger partial charge on any atom is -0.484 e. The number of fused-ring (bicyclic) bond motifs is 1. The van der Waals surface area contributed by atoms with Crippen molar-refractivity contribution in [3.63, 3.8) is 0 Å². The Morgan fingerprint density at radius 3 is 2.54 bits per heavy atom. The first kappa shape index (κ1) is 15.6. The van der Waals surface area contributed by atoms with Crippen molar-refractivity contribution in [1.29, 1.82) is 0 Å². The van der Waals surface area contributed by atoms with E-state index in [-0.39, 0.29) is 18.4 Å². The molecule has 6 nitrogen and oxygen atoms in total. The zero-order chi connectivity index (χ0) is 16.9. The highest BCUT2D eigenvalue weighted by Gasteiger charge is 2.09. The van der Waals surface area contributed by atoms with Crippen LogP contribution in [-0.2, 0) is 4.79 Å². The lowest BCUT2D eigenvalue weighted by molar-refractivity contribution is -0.122. The Hall–Kier alpha value is -3.28. The molecule has 0 aliphatic heterocycles. The molecule has 2 aromatic carbocycles. The van der Waals surface area contributed by atoms with E-state index in [1.165, 1.54) is 0 Å². The molecule has 0 radical (unpaired) electrons. The highest BCUT2D eigenvalue weighted by atomic mass is 16.5. The summed E-state index contributed by atoms with van der Waals surface area (Å²) in [5.74, 6) is 0.138. The van der Waals surface area contributed by atoms with Crippen LogP contribution in [0, 0.1) is 0 Å². The quantitative estimate of drug-likeness (QED) is 0.675. The molecule has 0 atom stereocenters. The SMILES string of the molecule is CNC(=O)COc1ccc(NC(=O)c2cc3ccccc3[nH]2)cc1. The van der Waals surface area contributed by atoms with Crippen molar-refractivity contribution >= 4 is 28.4 Å². The molecule has 0 aliphatic carbocycles. The molecule has 1 heterocycles. The van der Waals surface area contributed by atoms with Crippen LogP contribution in [0.1, 0.15) is 10.5 Å². The number of para-hydroxylation sites is 1. The molecular weight excluding hydrogens is 306 g/mol. The van der Waals surface area contributed by atoms with E-state index in [1.54, 1.807) is 31.3 Å². The van der Waals surface area contributed by atoms with E-state index >= 15 is 0 Å². The zero-order valence-electron chi connectivity index (χ0n) is 13.1. The molecular formula is C18H17N3O3. The summed E-state index contributed by atoms with van der Waals surface area (Å²) in [6.45, 7) is -0.0444. The summed E-state index contributed by atoms with van der Waals surface area (Å²) in [4.78, 5) is 26.5. The van der Waals surface area contributed by atoms with Crippen molar-refractivity contribution in [3.8, 4) is 5.75 Å². The second-order valence-corrected chi connectivity index (χ2v) is 5.21. The predicted molar refractivity (Wildman–Crippen MR) is 92.3 cm³/mol. The molecule has 3 aromatic rings. The maximum absolute atomic E-state index is 12.3. The van der Waals surface area contributed by atoms with Gasteiger partial charge in [-0.15, -0.1) is 0 Å². The first-order chi connectivity index (χ1) is 11.7. The van der Waals surface area contributed by atoms with Gasteiger partial charge < -0.3 is 20.4 Å². The van der Waals surface area contributed by atoms with E-state index < -0.39 is 0 Å². The Morgan fingerprint density at radius 1 is 1.08 bits per heavy atom. The number of likely N-dealkylation sites (N-methyl/N-ethyl adjacent to an activating group) is 1. The van der Waals surface area contributed by atoms with Crippen molar-refractivity contribution < 1.29 is 14.3 Å². The van der Waals surface area contributed by atoms with Crippen LogP contribution in [0.25, 0.3) is 10.9 Å². The highest BCUT2D eigenvalue weighted by Crippen LogP contribution is 2.18. The molecule has 0 saturated carbocycles. The number of ether oxygens (including phenoxy) is 1. The topological polar surface area (TPSA) is 83.2 Å². The predicted octanol–water partition coefficient (Wildman–Crippen LogP) is 2.54. The van der Waals surface area contributed by atoms with Crippen molar-refractivity contribution in [2.24, 2.45) is 0 Å². The van der Waals surface area contributed by atoms with Gasteiger partial charge in [0.1, 0.15) is 11.4 Å². The van der Waals surface area contributed by atoms with Crippen LogP contribution in [0.15, 0.2) is 54.6 Å². The smallest absolute Gasteiger partial charge is 0.272 e. The van der Waals surface area contributed by atoms with Crippen molar-refractivity contribution in [1.82, 2.24) is 10.3 Å². The number of carbonyl (C=O) groups excluding carboxylic acids is 2. The molecule has 0 unspecified atom stereocenters. The summed E-state index contributed by atoms with van der Waals surface area (Å²) in [5, 5.41) is 6.28. The molecule has 0 fully saturated rings. The Bertz CT molecular complexity index is 836. The van der Waals surface area contributed by atoms with E-state index in [0.717, 1.165) is 10.9 Å². The van der Waals surface area contributed by atoms with Crippen LogP contribution in [-0.4, -0.2) is 30.5 Å². The lowest BCUT2D eigenvalue weighted by Crippen LogP contribution is -2.24. The van der Waals surface area contributed by atoms with Gasteiger partial charge in [-0.25, -0.2) is 0 Å². The minimum atomic E-state index is -0.217. The van der Waals surface area contributed by atoms with Crippen LogP contribution in [0.2, 0.25) is 0 Å². The molecule has 0 bridgehead atoms. The number of anilines is 1. The molecule has 0 spiro atoms. The van der Waals surface area contributed by atoms with Crippen molar-refractivity contribution in [3.05, 3.63) is 60.3 Å². The number of rotatable bonds is 5. The zero-order valence-corrected chi connectivity index (χ0v) is 13.1. The van der Waals surface area contributed by atoms with E-state index in [4.69, 9.17) is 4.74 Å². The third-order valence-electron chi connectivity index (χ3n) is 3.54. The Labute approximate surface area is 138 Å². The first-order valence-corrected chi connectivity index (χ1v) is 7.48. The number of nitrogens with one attached hydrogen (secondary N) is 3. The van der Waals surface area contributed by atoms with E-state index in [1.807, 2.05) is 30.3 Å². The van der Waals surface area contributed by atoms with Gasteiger partial charge in [-0.3, -0.25) is 9.59 Å². The van der Waals surface area contributed by atoms with Crippen LogP contribution >= 0.6 is 0 Å². The van der Waals surface area contributed by atoms with Gasteiger partial charge in [-0.1, -0.05) is 18.2 Å². The second kappa shape index (κ2) is 6.87. The number of hydrogen-bond acceptors (Lipinski definition) is 3. The van der Waals surface area contributed by atoms with E-state index in [2.05, 4.69) is 15.6 Å². The summed E-state index contributed by atoms with van der Waals surface area (Å²) in [6.07, 6.45) is 0. The fourth-order valence-corrected chi connectivity index (χ4v) is 2.25. The molecule has 1 aromatic heterocycles. The van der Waals surface area contributed by atoms with Gasteiger partial charge >= 0.3 is 0 Å². The molecule has 24 heavy (non-hydrogen) atoms. The van der Waals surface area contributed by atoms with Gasteiger partial charge in [0.05, 0.1) is 0 Å². The largest absolute Gasteiger partial charge is 0.484 e. The third kappa shape index (κ3) is 3.55. The summed E-state index contributed by atoms with van der Waals surface area (Å²) in [5.41, 5.74) is 2.06. The summed E-state index contributed by atoms with van der Waals surface area (Å²) < 4.78 is 5.31.